The third kappa shape index (κ3) is 3.63. The lowest BCUT2D eigenvalue weighted by Crippen LogP contribution is -2.13. The van der Waals surface area contributed by atoms with E-state index in [9.17, 15) is 29.8 Å². The zero-order chi connectivity index (χ0) is 18.7. The van der Waals surface area contributed by atoms with Crippen molar-refractivity contribution in [2.75, 3.05) is 0 Å². The van der Waals surface area contributed by atoms with E-state index < -0.39 is 32.8 Å². The Hall–Kier alpha value is -3.69. The Morgan fingerprint density at radius 3 is 2.36 bits per heavy atom. The van der Waals surface area contributed by atoms with Gasteiger partial charge in [0.05, 0.1) is 15.9 Å². The summed E-state index contributed by atoms with van der Waals surface area (Å²) in [6, 6.07) is 2.54. The molecular weight excluding hydrogens is 334 g/mol. The monoisotopic (exact) mass is 345 g/mol. The molecule has 0 heterocycles. The summed E-state index contributed by atoms with van der Waals surface area (Å²) >= 11 is 0. The van der Waals surface area contributed by atoms with E-state index in [2.05, 4.69) is 5.16 Å². The molecule has 0 N–H and O–H groups in total. The molecule has 10 heteroatoms. The fourth-order valence-electron chi connectivity index (χ4n) is 1.98. The Labute approximate surface area is 140 Å². The molecule has 2 rings (SSSR count). The Morgan fingerprint density at radius 2 is 1.76 bits per heavy atom. The van der Waals surface area contributed by atoms with Crippen LogP contribution < -0.4 is 0 Å². The van der Waals surface area contributed by atoms with Crippen LogP contribution in [-0.2, 0) is 9.63 Å². The quantitative estimate of drug-likeness (QED) is 0.353. The zero-order valence-electron chi connectivity index (χ0n) is 13.1. The highest BCUT2D eigenvalue weighted by molar-refractivity contribution is 6.21. The molecule has 0 saturated heterocycles. The number of ketones is 1. The van der Waals surface area contributed by atoms with E-state index in [0.29, 0.717) is 17.2 Å². The van der Waals surface area contributed by atoms with Gasteiger partial charge in [0.2, 0.25) is 0 Å². The van der Waals surface area contributed by atoms with Crippen molar-refractivity contribution in [2.24, 2.45) is 5.16 Å². The average molecular weight is 345 g/mol. The summed E-state index contributed by atoms with van der Waals surface area (Å²) in [6.45, 7) is 3.19. The van der Waals surface area contributed by atoms with Crippen LogP contribution in [0.4, 0.5) is 11.4 Å². The topological polar surface area (TPSA) is 142 Å². The number of carbonyl (C=O) groups excluding carboxylic acids is 2. The highest BCUT2D eigenvalue weighted by Crippen LogP contribution is 2.25. The molecular formula is C15H11N3O7. The highest BCUT2D eigenvalue weighted by atomic mass is 16.7. The van der Waals surface area contributed by atoms with E-state index in [1.54, 1.807) is 13.8 Å². The molecule has 1 aromatic rings. The Bertz CT molecular complexity index is 896. The number of benzene rings is 1. The van der Waals surface area contributed by atoms with Gasteiger partial charge in [-0.3, -0.25) is 25.0 Å². The Balaban J connectivity index is 2.32. The molecule has 0 atom stereocenters. The van der Waals surface area contributed by atoms with Gasteiger partial charge in [-0.1, -0.05) is 5.16 Å². The fourth-order valence-corrected chi connectivity index (χ4v) is 1.98. The Kier molecular flexibility index (Phi) is 4.82. The van der Waals surface area contributed by atoms with E-state index in [1.165, 1.54) is 12.2 Å². The highest BCUT2D eigenvalue weighted by Gasteiger charge is 2.26. The van der Waals surface area contributed by atoms with Crippen LogP contribution in [0.2, 0.25) is 0 Å². The van der Waals surface area contributed by atoms with Crippen molar-refractivity contribution in [1.82, 2.24) is 0 Å². The van der Waals surface area contributed by atoms with Gasteiger partial charge in [0.1, 0.15) is 11.3 Å². The molecule has 1 aliphatic carbocycles. The molecule has 128 valence electrons. The first-order valence-electron chi connectivity index (χ1n) is 6.84. The summed E-state index contributed by atoms with van der Waals surface area (Å²) in [5, 5.41) is 25.3. The molecule has 0 aromatic heterocycles. The molecule has 0 bridgehead atoms. The minimum atomic E-state index is -1.15. The lowest BCUT2D eigenvalue weighted by Gasteiger charge is -2.09. The number of nitrogens with zero attached hydrogens (tertiary/aromatic N) is 3. The molecule has 0 spiro atoms. The van der Waals surface area contributed by atoms with E-state index in [1.807, 2.05) is 0 Å². The molecule has 0 saturated carbocycles. The number of hydrogen-bond acceptors (Lipinski definition) is 8. The minimum absolute atomic E-state index is 0.200. The molecule has 1 aliphatic rings. The second-order valence-corrected chi connectivity index (χ2v) is 5.02. The zero-order valence-corrected chi connectivity index (χ0v) is 13.1. The molecule has 0 amide bonds. The largest absolute Gasteiger partial charge is 0.372 e. The van der Waals surface area contributed by atoms with E-state index in [-0.39, 0.29) is 11.5 Å². The van der Waals surface area contributed by atoms with Crippen molar-refractivity contribution >= 4 is 28.8 Å². The third-order valence-electron chi connectivity index (χ3n) is 3.54. The maximum absolute atomic E-state index is 12.0. The predicted molar refractivity (Wildman–Crippen MR) is 85.1 cm³/mol. The van der Waals surface area contributed by atoms with Gasteiger partial charge < -0.3 is 4.84 Å². The number of non-ortho nitro benzene ring substituents is 1. The summed E-state index contributed by atoms with van der Waals surface area (Å²) in [5.74, 6) is -1.35. The SMILES string of the molecule is CC1=C(C)C(=NOC(=O)c2ccc([N+](=O)[O-])cc2[N+](=O)[O-])C=CC1=O. The van der Waals surface area contributed by atoms with Gasteiger partial charge >= 0.3 is 5.97 Å². The smallest absolute Gasteiger partial charge is 0.312 e. The van der Waals surface area contributed by atoms with Crippen molar-refractivity contribution in [3.05, 3.63) is 67.3 Å². The van der Waals surface area contributed by atoms with E-state index in [4.69, 9.17) is 4.84 Å². The molecule has 0 radical (unpaired) electrons. The second kappa shape index (κ2) is 6.83. The normalized spacial score (nSPS) is 15.4. The van der Waals surface area contributed by atoms with Gasteiger partial charge in [0, 0.05) is 11.6 Å². The van der Waals surface area contributed by atoms with Gasteiger partial charge in [-0.15, -0.1) is 0 Å². The summed E-state index contributed by atoms with van der Waals surface area (Å²) in [7, 11) is 0. The van der Waals surface area contributed by atoms with Crippen molar-refractivity contribution in [3.63, 3.8) is 0 Å². The van der Waals surface area contributed by atoms with Gasteiger partial charge in [0.25, 0.3) is 11.4 Å². The lowest BCUT2D eigenvalue weighted by molar-refractivity contribution is -0.394. The van der Waals surface area contributed by atoms with Crippen LogP contribution in [0.15, 0.2) is 46.7 Å². The van der Waals surface area contributed by atoms with Gasteiger partial charge in [-0.05, 0) is 37.6 Å². The first-order chi connectivity index (χ1) is 11.7. The first kappa shape index (κ1) is 17.7. The summed E-state index contributed by atoms with van der Waals surface area (Å²) < 4.78 is 0. The van der Waals surface area contributed by atoms with Crippen molar-refractivity contribution in [1.29, 1.82) is 0 Å². The molecule has 0 aliphatic heterocycles. The number of nitro groups is 2. The maximum atomic E-state index is 12.0. The maximum Gasteiger partial charge on any atom is 0.372 e. The predicted octanol–water partition coefficient (Wildman–Crippen LogP) is 2.49. The molecule has 10 nitrogen and oxygen atoms in total. The van der Waals surface area contributed by atoms with E-state index >= 15 is 0 Å². The first-order valence-corrected chi connectivity index (χ1v) is 6.84. The van der Waals surface area contributed by atoms with Crippen LogP contribution in [-0.4, -0.2) is 27.3 Å². The Morgan fingerprint density at radius 1 is 1.08 bits per heavy atom. The standard InChI is InChI=1S/C15H11N3O7/c1-8-9(2)14(19)6-5-12(8)16-25-15(20)11-4-3-10(17(21)22)7-13(11)18(23)24/h3-7H,1-2H3. The number of rotatable bonds is 4. The number of nitro benzene ring substituents is 2. The van der Waals surface area contributed by atoms with Gasteiger partial charge in [0.15, 0.2) is 5.78 Å². The summed E-state index contributed by atoms with van der Waals surface area (Å²) in [5.41, 5.74) is -0.629. The van der Waals surface area contributed by atoms with Crippen molar-refractivity contribution < 1.29 is 24.3 Å². The lowest BCUT2D eigenvalue weighted by atomic mass is 9.97. The summed E-state index contributed by atoms with van der Waals surface area (Å²) in [4.78, 5) is 48.2. The molecule has 0 unspecified atom stereocenters. The number of allylic oxidation sites excluding steroid dienone is 4. The van der Waals surface area contributed by atoms with Crippen LogP contribution in [0.5, 0.6) is 0 Å². The summed E-state index contributed by atoms with van der Waals surface area (Å²) in [6.07, 6.45) is 2.60. The average Bonchev–Trinajstić information content (AvgIpc) is 2.58. The van der Waals surface area contributed by atoms with Crippen molar-refractivity contribution in [3.8, 4) is 0 Å². The number of oxime groups is 1. The van der Waals surface area contributed by atoms with Crippen molar-refractivity contribution in [2.45, 2.75) is 13.8 Å². The number of carbonyl (C=O) groups is 2. The van der Waals surface area contributed by atoms with Crippen LogP contribution in [0.1, 0.15) is 24.2 Å². The van der Waals surface area contributed by atoms with Gasteiger partial charge in [-0.2, -0.15) is 0 Å². The van der Waals surface area contributed by atoms with Crippen LogP contribution in [0, 0.1) is 20.2 Å². The molecule has 0 fully saturated rings. The fraction of sp³-hybridized carbons (Fsp3) is 0.133. The third-order valence-corrected chi connectivity index (χ3v) is 3.54. The minimum Gasteiger partial charge on any atom is -0.312 e. The second-order valence-electron chi connectivity index (χ2n) is 5.02. The van der Waals surface area contributed by atoms with Crippen LogP contribution >= 0.6 is 0 Å². The molecule has 1 aromatic carbocycles. The molecule has 25 heavy (non-hydrogen) atoms. The van der Waals surface area contributed by atoms with Crippen LogP contribution in [0.3, 0.4) is 0 Å². The number of hydrogen-bond donors (Lipinski definition) is 0. The van der Waals surface area contributed by atoms with Crippen LogP contribution in [0.25, 0.3) is 0 Å². The van der Waals surface area contributed by atoms with Gasteiger partial charge in [-0.25, -0.2) is 4.79 Å². The van der Waals surface area contributed by atoms with E-state index in [0.717, 1.165) is 12.1 Å².